The molecule has 1 heterocycles. The van der Waals surface area contributed by atoms with E-state index in [9.17, 15) is 9.59 Å². The normalized spacial score (nSPS) is 21.9. The number of rotatable bonds is 3. The number of amides is 1. The Morgan fingerprint density at radius 2 is 2.10 bits per heavy atom. The number of carboxylic acids is 1. The maximum Gasteiger partial charge on any atom is 0.308 e. The molecule has 20 heavy (non-hydrogen) atoms. The predicted octanol–water partition coefficient (Wildman–Crippen LogP) is 2.25. The number of nitrogens with zero attached hydrogens (tertiary/aromatic N) is 1. The zero-order chi connectivity index (χ0) is 14.9. The van der Waals surface area contributed by atoms with E-state index in [1.807, 2.05) is 6.92 Å². The fourth-order valence-corrected chi connectivity index (χ4v) is 2.98. The van der Waals surface area contributed by atoms with Gasteiger partial charge in [0.1, 0.15) is 5.75 Å². The number of hydrogen-bond acceptors (Lipinski definition) is 3. The van der Waals surface area contributed by atoms with Gasteiger partial charge in [0.15, 0.2) is 0 Å². The summed E-state index contributed by atoms with van der Waals surface area (Å²) in [6.45, 7) is 2.59. The first kappa shape index (κ1) is 14.8. The Hall–Kier alpha value is -1.56. The highest BCUT2D eigenvalue weighted by Gasteiger charge is 2.37. The van der Waals surface area contributed by atoms with Crippen LogP contribution in [0.1, 0.15) is 17.3 Å². The third kappa shape index (κ3) is 2.80. The number of likely N-dealkylation sites (tertiary alicyclic amines) is 1. The summed E-state index contributed by atoms with van der Waals surface area (Å²) in [7, 11) is 1.56. The van der Waals surface area contributed by atoms with Crippen LogP contribution in [-0.4, -0.2) is 42.1 Å². The van der Waals surface area contributed by atoms with Crippen LogP contribution in [0.15, 0.2) is 22.7 Å². The van der Waals surface area contributed by atoms with E-state index in [0.29, 0.717) is 22.3 Å². The van der Waals surface area contributed by atoms with E-state index >= 15 is 0 Å². The lowest BCUT2D eigenvalue weighted by Crippen LogP contribution is -2.29. The molecule has 1 fully saturated rings. The number of carboxylic acid groups (broad SMARTS) is 1. The fourth-order valence-electron chi connectivity index (χ4n) is 2.44. The van der Waals surface area contributed by atoms with E-state index in [2.05, 4.69) is 15.9 Å². The summed E-state index contributed by atoms with van der Waals surface area (Å²) in [6.07, 6.45) is 0. The van der Waals surface area contributed by atoms with Gasteiger partial charge in [-0.1, -0.05) is 6.92 Å². The van der Waals surface area contributed by atoms with Gasteiger partial charge in [-0.05, 0) is 40.0 Å². The second-order valence-electron chi connectivity index (χ2n) is 4.98. The van der Waals surface area contributed by atoms with Crippen LogP contribution in [0.5, 0.6) is 5.75 Å². The highest BCUT2D eigenvalue weighted by molar-refractivity contribution is 9.10. The van der Waals surface area contributed by atoms with E-state index in [-0.39, 0.29) is 18.4 Å². The first-order valence-electron chi connectivity index (χ1n) is 6.29. The maximum atomic E-state index is 12.4. The van der Waals surface area contributed by atoms with Gasteiger partial charge in [-0.15, -0.1) is 0 Å². The van der Waals surface area contributed by atoms with Gasteiger partial charge in [-0.2, -0.15) is 0 Å². The molecule has 0 unspecified atom stereocenters. The SMILES string of the molecule is COc1ccc(C(=O)N2C[C@@H](C)[C@H](C(=O)O)C2)cc1Br. The van der Waals surface area contributed by atoms with Crippen molar-refractivity contribution >= 4 is 27.8 Å². The minimum Gasteiger partial charge on any atom is -0.496 e. The zero-order valence-corrected chi connectivity index (χ0v) is 12.9. The number of ether oxygens (including phenoxy) is 1. The first-order chi connectivity index (χ1) is 9.43. The predicted molar refractivity (Wildman–Crippen MR) is 76.9 cm³/mol. The van der Waals surface area contributed by atoms with E-state index in [1.54, 1.807) is 30.2 Å². The molecule has 1 aliphatic heterocycles. The Kier molecular flexibility index (Phi) is 4.32. The van der Waals surface area contributed by atoms with Crippen LogP contribution in [-0.2, 0) is 4.79 Å². The monoisotopic (exact) mass is 341 g/mol. The second kappa shape index (κ2) is 5.83. The van der Waals surface area contributed by atoms with Gasteiger partial charge >= 0.3 is 5.97 Å². The molecule has 2 rings (SSSR count). The molecule has 0 radical (unpaired) electrons. The van der Waals surface area contributed by atoms with Gasteiger partial charge in [0.25, 0.3) is 5.91 Å². The lowest BCUT2D eigenvalue weighted by molar-refractivity contribution is -0.142. The number of carbonyl (C=O) groups excluding carboxylic acids is 1. The Morgan fingerprint density at radius 1 is 1.40 bits per heavy atom. The molecular formula is C14H16BrNO4. The molecule has 0 saturated carbocycles. The number of halogens is 1. The summed E-state index contributed by atoms with van der Waals surface area (Å²) in [6, 6.07) is 5.09. The molecule has 0 spiro atoms. The highest BCUT2D eigenvalue weighted by atomic mass is 79.9. The second-order valence-corrected chi connectivity index (χ2v) is 5.84. The molecule has 0 aliphatic carbocycles. The summed E-state index contributed by atoms with van der Waals surface area (Å²) in [4.78, 5) is 25.1. The molecule has 1 aromatic carbocycles. The Morgan fingerprint density at radius 3 is 2.60 bits per heavy atom. The lowest BCUT2D eigenvalue weighted by Gasteiger charge is -2.16. The van der Waals surface area contributed by atoms with Crippen molar-refractivity contribution in [3.8, 4) is 5.75 Å². The van der Waals surface area contributed by atoms with Crippen molar-refractivity contribution in [1.29, 1.82) is 0 Å². The number of aliphatic carboxylic acids is 1. The van der Waals surface area contributed by atoms with Gasteiger partial charge in [0.05, 0.1) is 17.5 Å². The quantitative estimate of drug-likeness (QED) is 0.915. The molecule has 6 heteroatoms. The van der Waals surface area contributed by atoms with Crippen molar-refractivity contribution in [2.75, 3.05) is 20.2 Å². The Balaban J connectivity index is 2.16. The smallest absolute Gasteiger partial charge is 0.308 e. The van der Waals surface area contributed by atoms with Gasteiger partial charge in [-0.25, -0.2) is 0 Å². The van der Waals surface area contributed by atoms with Crippen molar-refractivity contribution in [2.45, 2.75) is 6.92 Å². The minimum atomic E-state index is -0.844. The lowest BCUT2D eigenvalue weighted by atomic mass is 9.99. The number of hydrogen-bond donors (Lipinski definition) is 1. The minimum absolute atomic E-state index is 0.0295. The van der Waals surface area contributed by atoms with Crippen molar-refractivity contribution in [3.05, 3.63) is 28.2 Å². The van der Waals surface area contributed by atoms with Crippen molar-refractivity contribution in [3.63, 3.8) is 0 Å². The number of benzene rings is 1. The average molecular weight is 342 g/mol. The molecule has 0 aromatic heterocycles. The van der Waals surface area contributed by atoms with Crippen molar-refractivity contribution in [2.24, 2.45) is 11.8 Å². The van der Waals surface area contributed by atoms with Crippen LogP contribution in [0, 0.1) is 11.8 Å². The Labute approximate surface area is 125 Å². The average Bonchev–Trinajstić information content (AvgIpc) is 2.80. The van der Waals surface area contributed by atoms with Gasteiger partial charge < -0.3 is 14.7 Å². The van der Waals surface area contributed by atoms with E-state index in [1.165, 1.54) is 0 Å². The Bertz CT molecular complexity index is 546. The first-order valence-corrected chi connectivity index (χ1v) is 7.09. The largest absolute Gasteiger partial charge is 0.496 e. The molecule has 108 valence electrons. The highest BCUT2D eigenvalue weighted by Crippen LogP contribution is 2.28. The van der Waals surface area contributed by atoms with E-state index in [4.69, 9.17) is 9.84 Å². The van der Waals surface area contributed by atoms with Crippen molar-refractivity contribution in [1.82, 2.24) is 4.90 Å². The van der Waals surface area contributed by atoms with Gasteiger partial charge in [0.2, 0.25) is 0 Å². The van der Waals surface area contributed by atoms with E-state index in [0.717, 1.165) is 0 Å². The van der Waals surface area contributed by atoms with Crippen LogP contribution in [0.4, 0.5) is 0 Å². The molecule has 1 N–H and O–H groups in total. The van der Waals surface area contributed by atoms with Gasteiger partial charge in [-0.3, -0.25) is 9.59 Å². The molecule has 1 amide bonds. The van der Waals surface area contributed by atoms with Crippen LogP contribution >= 0.6 is 15.9 Å². The third-order valence-corrected chi connectivity index (χ3v) is 4.24. The zero-order valence-electron chi connectivity index (χ0n) is 11.3. The standard InChI is InChI=1S/C14H16BrNO4/c1-8-6-16(7-10(8)14(18)19)13(17)9-3-4-12(20-2)11(15)5-9/h3-5,8,10H,6-7H2,1-2H3,(H,18,19)/t8-,10-/m1/s1. The summed E-state index contributed by atoms with van der Waals surface area (Å²) in [5, 5.41) is 9.10. The van der Waals surface area contributed by atoms with Crippen LogP contribution in [0.3, 0.4) is 0 Å². The van der Waals surface area contributed by atoms with Crippen molar-refractivity contribution < 1.29 is 19.4 Å². The van der Waals surface area contributed by atoms with Crippen LogP contribution < -0.4 is 4.74 Å². The number of carbonyl (C=O) groups is 2. The van der Waals surface area contributed by atoms with E-state index < -0.39 is 11.9 Å². The fraction of sp³-hybridized carbons (Fsp3) is 0.429. The van der Waals surface area contributed by atoms with Gasteiger partial charge in [0, 0.05) is 18.7 Å². The molecule has 1 aliphatic rings. The summed E-state index contributed by atoms with van der Waals surface area (Å²) in [5.74, 6) is -0.855. The molecular weight excluding hydrogens is 326 g/mol. The molecule has 5 nitrogen and oxygen atoms in total. The molecule has 1 aromatic rings. The molecule has 2 atom stereocenters. The van der Waals surface area contributed by atoms with Crippen LogP contribution in [0.2, 0.25) is 0 Å². The van der Waals surface area contributed by atoms with Crippen LogP contribution in [0.25, 0.3) is 0 Å². The summed E-state index contributed by atoms with van der Waals surface area (Å²) >= 11 is 3.34. The summed E-state index contributed by atoms with van der Waals surface area (Å²) in [5.41, 5.74) is 0.524. The topological polar surface area (TPSA) is 66.8 Å². The number of methoxy groups -OCH3 is 1. The molecule has 0 bridgehead atoms. The third-order valence-electron chi connectivity index (χ3n) is 3.62. The maximum absolute atomic E-state index is 12.4. The summed E-state index contributed by atoms with van der Waals surface area (Å²) < 4.78 is 5.82. The molecule has 1 saturated heterocycles.